The fourth-order valence-corrected chi connectivity index (χ4v) is 1.36. The first-order valence-electron chi connectivity index (χ1n) is 4.42. The fraction of sp³-hybridized carbons (Fsp3) is 0.250. The Balaban J connectivity index is 2.79. The van der Waals surface area contributed by atoms with Crippen LogP contribution in [0.5, 0.6) is 0 Å². The molecule has 0 spiro atoms. The van der Waals surface area contributed by atoms with E-state index in [0.29, 0.717) is 0 Å². The zero-order valence-electron chi connectivity index (χ0n) is 8.22. The summed E-state index contributed by atoms with van der Waals surface area (Å²) in [4.78, 5) is 41.2. The number of rotatable bonds is 2. The van der Waals surface area contributed by atoms with Gasteiger partial charge in [0, 0.05) is 0 Å². The van der Waals surface area contributed by atoms with Crippen molar-refractivity contribution in [2.45, 2.75) is 13.0 Å². The molecule has 0 radical (unpaired) electrons. The van der Waals surface area contributed by atoms with Crippen LogP contribution in [0, 0.1) is 0 Å². The van der Waals surface area contributed by atoms with Gasteiger partial charge in [-0.25, -0.2) is 14.6 Å². The molecule has 0 bridgehead atoms. The third-order valence-corrected chi connectivity index (χ3v) is 2.24. The standard InChI is InChI=1S/C8H8N4O4/c1-3(7(14)15)12-2-9-4-5(12)10-8(16)11-6(4)13/h2-3H,1H3,(H,14,15)(H2,10,11,13,16). The van der Waals surface area contributed by atoms with Crippen molar-refractivity contribution in [3.63, 3.8) is 0 Å². The summed E-state index contributed by atoms with van der Waals surface area (Å²) in [5.41, 5.74) is -1.23. The zero-order chi connectivity index (χ0) is 11.9. The number of nitrogens with one attached hydrogen (secondary N) is 2. The minimum absolute atomic E-state index is 0.00713. The molecule has 8 nitrogen and oxygen atoms in total. The van der Waals surface area contributed by atoms with E-state index in [0.717, 1.165) is 0 Å². The van der Waals surface area contributed by atoms with Gasteiger partial charge in [0.05, 0.1) is 6.33 Å². The Hall–Kier alpha value is -2.38. The highest BCUT2D eigenvalue weighted by molar-refractivity contribution is 5.76. The number of hydrogen-bond acceptors (Lipinski definition) is 4. The minimum atomic E-state index is -1.08. The number of nitrogens with zero attached hydrogens (tertiary/aromatic N) is 2. The summed E-state index contributed by atoms with van der Waals surface area (Å²) in [5.74, 6) is -1.08. The molecule has 0 saturated heterocycles. The van der Waals surface area contributed by atoms with E-state index >= 15 is 0 Å². The van der Waals surface area contributed by atoms with Gasteiger partial charge in [0.2, 0.25) is 0 Å². The molecule has 8 heteroatoms. The lowest BCUT2D eigenvalue weighted by molar-refractivity contribution is -0.140. The summed E-state index contributed by atoms with van der Waals surface area (Å²) < 4.78 is 1.22. The van der Waals surface area contributed by atoms with Crippen LogP contribution in [0.4, 0.5) is 0 Å². The topological polar surface area (TPSA) is 121 Å². The minimum Gasteiger partial charge on any atom is -0.480 e. The molecule has 0 aliphatic rings. The first-order valence-corrected chi connectivity index (χ1v) is 4.42. The normalized spacial score (nSPS) is 12.8. The summed E-state index contributed by atoms with van der Waals surface area (Å²) in [7, 11) is 0. The van der Waals surface area contributed by atoms with Crippen molar-refractivity contribution in [1.82, 2.24) is 19.5 Å². The molecule has 1 unspecified atom stereocenters. The number of carbonyl (C=O) groups is 1. The van der Waals surface area contributed by atoms with Crippen LogP contribution in [0.25, 0.3) is 11.2 Å². The van der Waals surface area contributed by atoms with Gasteiger partial charge in [-0.15, -0.1) is 0 Å². The van der Waals surface area contributed by atoms with Crippen molar-refractivity contribution < 1.29 is 9.90 Å². The molecule has 0 aliphatic carbocycles. The summed E-state index contributed by atoms with van der Waals surface area (Å²) in [6.45, 7) is 1.42. The van der Waals surface area contributed by atoms with Gasteiger partial charge >= 0.3 is 11.7 Å². The molecule has 3 N–H and O–H groups in total. The molecule has 2 heterocycles. The van der Waals surface area contributed by atoms with Crippen LogP contribution in [0.1, 0.15) is 13.0 Å². The van der Waals surface area contributed by atoms with Gasteiger partial charge in [-0.3, -0.25) is 14.8 Å². The molecule has 2 rings (SSSR count). The Morgan fingerprint density at radius 1 is 1.50 bits per heavy atom. The lowest BCUT2D eigenvalue weighted by atomic mass is 10.3. The number of aromatic amines is 2. The number of hydrogen-bond donors (Lipinski definition) is 3. The highest BCUT2D eigenvalue weighted by Gasteiger charge is 2.17. The molecule has 16 heavy (non-hydrogen) atoms. The molecule has 0 amide bonds. The predicted octanol–water partition coefficient (Wildman–Crippen LogP) is -0.942. The first-order chi connectivity index (χ1) is 7.50. The second kappa shape index (κ2) is 3.33. The molecule has 0 fully saturated rings. The predicted molar refractivity (Wildman–Crippen MR) is 53.3 cm³/mol. The Morgan fingerprint density at radius 2 is 2.19 bits per heavy atom. The second-order valence-corrected chi connectivity index (χ2v) is 3.27. The highest BCUT2D eigenvalue weighted by Crippen LogP contribution is 2.11. The van der Waals surface area contributed by atoms with E-state index < -0.39 is 23.3 Å². The average Bonchev–Trinajstić information content (AvgIpc) is 2.60. The van der Waals surface area contributed by atoms with E-state index in [2.05, 4.69) is 9.97 Å². The van der Waals surface area contributed by atoms with Crippen molar-refractivity contribution in [2.24, 2.45) is 0 Å². The van der Waals surface area contributed by atoms with Crippen LogP contribution < -0.4 is 11.2 Å². The molecule has 2 aromatic rings. The average molecular weight is 224 g/mol. The molecular formula is C8H8N4O4. The number of imidazole rings is 1. The Labute approximate surface area is 87.6 Å². The van der Waals surface area contributed by atoms with Crippen molar-refractivity contribution in [1.29, 1.82) is 0 Å². The lowest BCUT2D eigenvalue weighted by Crippen LogP contribution is -2.24. The molecular weight excluding hydrogens is 216 g/mol. The summed E-state index contributed by atoms with van der Waals surface area (Å²) in [6.07, 6.45) is 1.20. The second-order valence-electron chi connectivity index (χ2n) is 3.27. The monoisotopic (exact) mass is 224 g/mol. The van der Waals surface area contributed by atoms with Crippen LogP contribution in [-0.2, 0) is 4.79 Å². The molecule has 0 saturated carbocycles. The van der Waals surface area contributed by atoms with E-state index in [-0.39, 0.29) is 11.2 Å². The number of fused-ring (bicyclic) bond motifs is 1. The van der Waals surface area contributed by atoms with Gasteiger partial charge in [0.25, 0.3) is 5.56 Å². The van der Waals surface area contributed by atoms with Crippen LogP contribution >= 0.6 is 0 Å². The van der Waals surface area contributed by atoms with E-state index in [1.165, 1.54) is 17.8 Å². The summed E-state index contributed by atoms with van der Waals surface area (Å²) in [5, 5.41) is 8.83. The lowest BCUT2D eigenvalue weighted by Gasteiger charge is -2.07. The maximum Gasteiger partial charge on any atom is 0.327 e. The third kappa shape index (κ3) is 1.40. The Bertz CT molecular complexity index is 664. The van der Waals surface area contributed by atoms with Gasteiger partial charge in [-0.1, -0.05) is 0 Å². The largest absolute Gasteiger partial charge is 0.480 e. The van der Waals surface area contributed by atoms with E-state index in [9.17, 15) is 14.4 Å². The van der Waals surface area contributed by atoms with Crippen LogP contribution in [0.15, 0.2) is 15.9 Å². The van der Waals surface area contributed by atoms with Crippen molar-refractivity contribution >= 4 is 17.1 Å². The molecule has 0 aromatic carbocycles. The maximum atomic E-state index is 11.3. The zero-order valence-corrected chi connectivity index (χ0v) is 8.22. The van der Waals surface area contributed by atoms with Gasteiger partial charge < -0.3 is 9.67 Å². The van der Waals surface area contributed by atoms with Crippen LogP contribution in [0.2, 0.25) is 0 Å². The van der Waals surface area contributed by atoms with Crippen LogP contribution in [-0.4, -0.2) is 30.6 Å². The number of carboxylic acids is 1. The quantitative estimate of drug-likeness (QED) is 0.607. The molecule has 2 aromatic heterocycles. The first kappa shape index (κ1) is 10.1. The number of aliphatic carboxylic acids is 1. The Morgan fingerprint density at radius 3 is 2.81 bits per heavy atom. The van der Waals surface area contributed by atoms with E-state index in [1.807, 2.05) is 4.98 Å². The molecule has 0 aliphatic heterocycles. The van der Waals surface area contributed by atoms with Gasteiger partial charge in [0.15, 0.2) is 5.52 Å². The number of aromatic nitrogens is 4. The van der Waals surface area contributed by atoms with Crippen LogP contribution in [0.3, 0.4) is 0 Å². The van der Waals surface area contributed by atoms with Crippen molar-refractivity contribution in [3.05, 3.63) is 27.2 Å². The van der Waals surface area contributed by atoms with E-state index in [1.54, 1.807) is 0 Å². The Kier molecular flexibility index (Phi) is 2.11. The fourth-order valence-electron chi connectivity index (χ4n) is 1.36. The number of carboxylic acid groups (broad SMARTS) is 1. The molecule has 1 atom stereocenters. The number of H-pyrrole nitrogens is 2. The van der Waals surface area contributed by atoms with Gasteiger partial charge in [-0.2, -0.15) is 0 Å². The summed E-state index contributed by atoms with van der Waals surface area (Å²) >= 11 is 0. The van der Waals surface area contributed by atoms with E-state index in [4.69, 9.17) is 5.11 Å². The maximum absolute atomic E-state index is 11.3. The van der Waals surface area contributed by atoms with Gasteiger partial charge in [0.1, 0.15) is 11.7 Å². The van der Waals surface area contributed by atoms with Crippen molar-refractivity contribution in [3.8, 4) is 0 Å². The molecule has 84 valence electrons. The smallest absolute Gasteiger partial charge is 0.327 e. The van der Waals surface area contributed by atoms with Crippen molar-refractivity contribution in [2.75, 3.05) is 0 Å². The third-order valence-electron chi connectivity index (χ3n) is 2.24. The van der Waals surface area contributed by atoms with Gasteiger partial charge in [-0.05, 0) is 6.92 Å². The SMILES string of the molecule is CC(C(=O)O)n1cnc2c(=O)[nH]c(=O)[nH]c21. The highest BCUT2D eigenvalue weighted by atomic mass is 16.4. The summed E-state index contributed by atoms with van der Waals surface area (Å²) in [6, 6.07) is -0.914.